The predicted molar refractivity (Wildman–Crippen MR) is 49.1 cm³/mol. The molecular formula is C8H8S2. The first-order chi connectivity index (χ1) is 4.90. The Morgan fingerprint density at radius 3 is 3.00 bits per heavy atom. The van der Waals surface area contributed by atoms with Crippen LogP contribution < -0.4 is 0 Å². The van der Waals surface area contributed by atoms with Gasteiger partial charge in [-0.15, -0.1) is 11.3 Å². The molecule has 2 aromatic heterocycles. The van der Waals surface area contributed by atoms with E-state index in [0.29, 0.717) is 0 Å². The standard InChI is InChI=1S/C8H8S2/c1-2-7-3-6-4-9-5-8(6)10-7/h3-5H,2H2,1H3. The van der Waals surface area contributed by atoms with E-state index >= 15 is 0 Å². The topological polar surface area (TPSA) is 0 Å². The molecule has 0 bridgehead atoms. The normalized spacial score (nSPS) is 10.9. The average Bonchev–Trinajstić information content (AvgIpc) is 2.42. The van der Waals surface area contributed by atoms with Crippen LogP contribution in [0.2, 0.25) is 0 Å². The van der Waals surface area contributed by atoms with Gasteiger partial charge in [0.1, 0.15) is 0 Å². The molecule has 0 fully saturated rings. The first-order valence-corrected chi connectivity index (χ1v) is 5.10. The molecule has 10 heavy (non-hydrogen) atoms. The second-order valence-corrected chi connectivity index (χ2v) is 4.17. The SMILES string of the molecule is CCc1cc2cscc2s1. The molecule has 52 valence electrons. The van der Waals surface area contributed by atoms with Crippen LogP contribution in [-0.2, 0) is 6.42 Å². The van der Waals surface area contributed by atoms with E-state index in [4.69, 9.17) is 0 Å². The fraction of sp³-hybridized carbons (Fsp3) is 0.250. The maximum atomic E-state index is 2.29. The average molecular weight is 168 g/mol. The molecule has 2 aromatic rings. The van der Waals surface area contributed by atoms with Gasteiger partial charge in [-0.3, -0.25) is 0 Å². The van der Waals surface area contributed by atoms with Crippen LogP contribution in [0.4, 0.5) is 0 Å². The van der Waals surface area contributed by atoms with Crippen molar-refractivity contribution in [1.29, 1.82) is 0 Å². The fourth-order valence-electron chi connectivity index (χ4n) is 1.00. The first-order valence-electron chi connectivity index (χ1n) is 3.35. The minimum Gasteiger partial charge on any atom is -0.150 e. The van der Waals surface area contributed by atoms with Gasteiger partial charge in [-0.25, -0.2) is 0 Å². The number of fused-ring (bicyclic) bond motifs is 1. The molecule has 0 saturated carbocycles. The molecule has 0 saturated heterocycles. The van der Waals surface area contributed by atoms with Crippen molar-refractivity contribution < 1.29 is 0 Å². The fourth-order valence-corrected chi connectivity index (χ4v) is 2.95. The highest BCUT2D eigenvalue weighted by molar-refractivity contribution is 7.22. The lowest BCUT2D eigenvalue weighted by Gasteiger charge is -1.80. The molecule has 0 atom stereocenters. The molecule has 0 nitrogen and oxygen atoms in total. The molecule has 0 unspecified atom stereocenters. The molecule has 2 rings (SSSR count). The van der Waals surface area contributed by atoms with Crippen molar-refractivity contribution in [2.75, 3.05) is 0 Å². The van der Waals surface area contributed by atoms with Crippen molar-refractivity contribution in [2.45, 2.75) is 13.3 Å². The monoisotopic (exact) mass is 168 g/mol. The molecule has 0 aliphatic carbocycles. The van der Waals surface area contributed by atoms with E-state index in [2.05, 4.69) is 23.8 Å². The Balaban J connectivity index is 2.67. The van der Waals surface area contributed by atoms with Crippen molar-refractivity contribution in [3.63, 3.8) is 0 Å². The van der Waals surface area contributed by atoms with E-state index in [0.717, 1.165) is 0 Å². The van der Waals surface area contributed by atoms with Crippen molar-refractivity contribution >= 4 is 32.8 Å². The van der Waals surface area contributed by atoms with E-state index in [-0.39, 0.29) is 0 Å². The van der Waals surface area contributed by atoms with E-state index in [1.165, 1.54) is 21.4 Å². The van der Waals surface area contributed by atoms with E-state index < -0.39 is 0 Å². The number of hydrogen-bond donors (Lipinski definition) is 0. The van der Waals surface area contributed by atoms with Crippen molar-refractivity contribution in [1.82, 2.24) is 0 Å². The third-order valence-corrected chi connectivity index (χ3v) is 3.71. The van der Waals surface area contributed by atoms with Gasteiger partial charge in [0.05, 0.1) is 0 Å². The highest BCUT2D eigenvalue weighted by atomic mass is 32.1. The maximum Gasteiger partial charge on any atom is 0.0452 e. The van der Waals surface area contributed by atoms with Crippen LogP contribution in [0.3, 0.4) is 0 Å². The summed E-state index contributed by atoms with van der Waals surface area (Å²) in [6, 6.07) is 2.29. The number of rotatable bonds is 1. The highest BCUT2D eigenvalue weighted by Gasteiger charge is 1.98. The smallest absolute Gasteiger partial charge is 0.0452 e. The number of hydrogen-bond acceptors (Lipinski definition) is 2. The largest absolute Gasteiger partial charge is 0.150 e. The molecule has 2 heterocycles. The summed E-state index contributed by atoms with van der Waals surface area (Å²) in [4.78, 5) is 1.50. The molecule has 2 heteroatoms. The van der Waals surface area contributed by atoms with Crippen LogP contribution in [0.5, 0.6) is 0 Å². The zero-order valence-electron chi connectivity index (χ0n) is 5.76. The summed E-state index contributed by atoms with van der Waals surface area (Å²) in [5.74, 6) is 0. The van der Waals surface area contributed by atoms with E-state index in [9.17, 15) is 0 Å². The van der Waals surface area contributed by atoms with Gasteiger partial charge in [-0.05, 0) is 17.9 Å². The van der Waals surface area contributed by atoms with Crippen LogP contribution in [0.1, 0.15) is 11.8 Å². The predicted octanol–water partition coefficient (Wildman–Crippen LogP) is 3.53. The lowest BCUT2D eigenvalue weighted by atomic mass is 10.3. The molecule has 0 radical (unpaired) electrons. The van der Waals surface area contributed by atoms with E-state index in [1.54, 1.807) is 11.3 Å². The number of thiophene rings is 2. The molecule has 0 aliphatic heterocycles. The minimum atomic E-state index is 1.17. The molecule has 0 aromatic carbocycles. The van der Waals surface area contributed by atoms with Gasteiger partial charge in [-0.1, -0.05) is 6.92 Å². The third-order valence-electron chi connectivity index (χ3n) is 1.56. The van der Waals surface area contributed by atoms with Crippen molar-refractivity contribution in [3.05, 3.63) is 21.7 Å². The minimum absolute atomic E-state index is 1.17. The van der Waals surface area contributed by atoms with Crippen LogP contribution >= 0.6 is 22.7 Å². The summed E-state index contributed by atoms with van der Waals surface area (Å²) in [7, 11) is 0. The van der Waals surface area contributed by atoms with Gasteiger partial charge in [0, 0.05) is 20.3 Å². The van der Waals surface area contributed by atoms with Crippen LogP contribution in [-0.4, -0.2) is 0 Å². The summed E-state index contributed by atoms with van der Waals surface area (Å²) < 4.78 is 1.45. The second-order valence-electron chi connectivity index (χ2n) is 2.26. The van der Waals surface area contributed by atoms with Crippen LogP contribution in [0.25, 0.3) is 10.1 Å². The van der Waals surface area contributed by atoms with Crippen LogP contribution in [0, 0.1) is 0 Å². The maximum absolute atomic E-state index is 2.29. The van der Waals surface area contributed by atoms with Crippen LogP contribution in [0.15, 0.2) is 16.8 Å². The molecule has 0 N–H and O–H groups in total. The summed E-state index contributed by atoms with van der Waals surface area (Å²) in [5.41, 5.74) is 0. The van der Waals surface area contributed by atoms with Gasteiger partial charge >= 0.3 is 0 Å². The van der Waals surface area contributed by atoms with Gasteiger partial charge in [-0.2, -0.15) is 11.3 Å². The Morgan fingerprint density at radius 2 is 2.30 bits per heavy atom. The first kappa shape index (κ1) is 6.38. The van der Waals surface area contributed by atoms with Crippen molar-refractivity contribution in [3.8, 4) is 0 Å². The molecular weight excluding hydrogens is 160 g/mol. The second kappa shape index (κ2) is 2.36. The van der Waals surface area contributed by atoms with Gasteiger partial charge in [0.15, 0.2) is 0 Å². The van der Waals surface area contributed by atoms with Gasteiger partial charge < -0.3 is 0 Å². The van der Waals surface area contributed by atoms with Crippen molar-refractivity contribution in [2.24, 2.45) is 0 Å². The number of aryl methyl sites for hydroxylation is 1. The Morgan fingerprint density at radius 1 is 1.40 bits per heavy atom. The molecule has 0 spiro atoms. The summed E-state index contributed by atoms with van der Waals surface area (Å²) in [5, 5.41) is 5.86. The Kier molecular flexibility index (Phi) is 1.51. The third kappa shape index (κ3) is 0.879. The Hall–Kier alpha value is -0.340. The van der Waals surface area contributed by atoms with Gasteiger partial charge in [0.2, 0.25) is 0 Å². The highest BCUT2D eigenvalue weighted by Crippen LogP contribution is 2.28. The summed E-state index contributed by atoms with van der Waals surface area (Å²) in [6.45, 7) is 2.20. The molecule has 0 aliphatic rings. The Bertz CT molecular complexity index is 301. The summed E-state index contributed by atoms with van der Waals surface area (Å²) >= 11 is 3.70. The quantitative estimate of drug-likeness (QED) is 0.611. The zero-order valence-corrected chi connectivity index (χ0v) is 7.39. The van der Waals surface area contributed by atoms with Gasteiger partial charge in [0.25, 0.3) is 0 Å². The molecule has 0 amide bonds. The Labute approximate surface area is 68.1 Å². The zero-order chi connectivity index (χ0) is 6.97. The summed E-state index contributed by atoms with van der Waals surface area (Å²) in [6.07, 6.45) is 1.17. The van der Waals surface area contributed by atoms with E-state index in [1.807, 2.05) is 11.3 Å². The lowest BCUT2D eigenvalue weighted by molar-refractivity contribution is 1.19. The lowest BCUT2D eigenvalue weighted by Crippen LogP contribution is -1.64.